The van der Waals surface area contributed by atoms with Crippen LogP contribution in [-0.2, 0) is 11.2 Å². The van der Waals surface area contributed by atoms with Crippen LogP contribution < -0.4 is 4.90 Å². The fourth-order valence-electron chi connectivity index (χ4n) is 5.27. The third-order valence-corrected chi connectivity index (χ3v) is 7.32. The first-order chi connectivity index (χ1) is 14.6. The number of ether oxygens (including phenoxy) is 1. The highest BCUT2D eigenvalue weighted by molar-refractivity contribution is 7.08. The van der Waals surface area contributed by atoms with Crippen molar-refractivity contribution in [3.05, 3.63) is 34.7 Å². The molecule has 3 aliphatic heterocycles. The third kappa shape index (κ3) is 3.00. The first-order valence-electron chi connectivity index (χ1n) is 10.3. The fourth-order valence-corrected chi connectivity index (χ4v) is 5.95. The molecule has 0 radical (unpaired) electrons. The molecule has 30 heavy (non-hydrogen) atoms. The van der Waals surface area contributed by atoms with Gasteiger partial charge in [-0.05, 0) is 30.1 Å². The monoisotopic (exact) mass is 433 g/mol. The van der Waals surface area contributed by atoms with Crippen molar-refractivity contribution >= 4 is 23.3 Å². The number of carbonyl (C=O) groups excluding carboxylic acids is 1. The zero-order valence-corrected chi connectivity index (χ0v) is 17.5. The van der Waals surface area contributed by atoms with E-state index in [-0.39, 0.29) is 36.3 Å². The van der Waals surface area contributed by atoms with Gasteiger partial charge in [-0.25, -0.2) is 9.37 Å². The lowest BCUT2D eigenvalue weighted by Gasteiger charge is -2.40. The molecule has 0 aliphatic carbocycles. The van der Waals surface area contributed by atoms with Gasteiger partial charge in [0.2, 0.25) is 0 Å². The van der Waals surface area contributed by atoms with Gasteiger partial charge in [0.25, 0.3) is 5.91 Å². The van der Waals surface area contributed by atoms with Crippen LogP contribution in [0.3, 0.4) is 0 Å². The first-order valence-corrected chi connectivity index (χ1v) is 11.1. The lowest BCUT2D eigenvalue weighted by molar-refractivity contribution is -0.100. The van der Waals surface area contributed by atoms with E-state index in [1.165, 1.54) is 6.07 Å². The quantitative estimate of drug-likeness (QED) is 0.761. The van der Waals surface area contributed by atoms with Crippen LogP contribution in [0.5, 0.6) is 0 Å². The van der Waals surface area contributed by atoms with Gasteiger partial charge in [0.1, 0.15) is 10.5 Å². The van der Waals surface area contributed by atoms with E-state index in [2.05, 4.69) is 14.6 Å². The number of carbonyl (C=O) groups is 1. The molecule has 0 aromatic carbocycles. The molecule has 1 amide bonds. The van der Waals surface area contributed by atoms with E-state index in [1.54, 1.807) is 12.3 Å². The van der Waals surface area contributed by atoms with Crippen LogP contribution >= 0.6 is 11.5 Å². The molecule has 4 atom stereocenters. The molecule has 8 nitrogen and oxygen atoms in total. The Balaban J connectivity index is 1.43. The maximum atomic E-state index is 14.4. The van der Waals surface area contributed by atoms with E-state index in [4.69, 9.17) is 4.74 Å². The zero-order chi connectivity index (χ0) is 20.9. The number of anilines is 1. The van der Waals surface area contributed by atoms with Gasteiger partial charge in [-0.15, -0.1) is 5.10 Å². The Bertz CT molecular complexity index is 958. The van der Waals surface area contributed by atoms with Gasteiger partial charge in [0, 0.05) is 37.7 Å². The van der Waals surface area contributed by atoms with Gasteiger partial charge >= 0.3 is 0 Å². The number of likely N-dealkylation sites (tertiary alicyclic amines) is 1. The lowest BCUT2D eigenvalue weighted by Crippen LogP contribution is -2.55. The summed E-state index contributed by atoms with van der Waals surface area (Å²) >= 11 is 1.13. The molecule has 160 valence electrons. The molecular formula is C20H24FN5O3S. The molecule has 0 saturated carbocycles. The minimum Gasteiger partial charge on any atom is -0.396 e. The Morgan fingerprint density at radius 1 is 1.43 bits per heavy atom. The number of amides is 1. The van der Waals surface area contributed by atoms with Crippen LogP contribution in [0.25, 0.3) is 0 Å². The molecule has 0 unspecified atom stereocenters. The predicted molar refractivity (Wildman–Crippen MR) is 108 cm³/mol. The normalized spacial score (nSPS) is 30.0. The Labute approximate surface area is 177 Å². The van der Waals surface area contributed by atoms with Crippen LogP contribution in [0.2, 0.25) is 0 Å². The first kappa shape index (κ1) is 19.8. The summed E-state index contributed by atoms with van der Waals surface area (Å²) in [6.45, 7) is 3.83. The highest BCUT2D eigenvalue weighted by Gasteiger charge is 2.63. The number of fused-ring (bicyclic) bond motifs is 1. The summed E-state index contributed by atoms with van der Waals surface area (Å²) in [7, 11) is 0. The fraction of sp³-hybridized carbons (Fsp3) is 0.600. The topological polar surface area (TPSA) is 91.7 Å². The summed E-state index contributed by atoms with van der Waals surface area (Å²) in [5.74, 6) is -0.273. The van der Waals surface area contributed by atoms with Gasteiger partial charge in [-0.1, -0.05) is 17.8 Å². The summed E-state index contributed by atoms with van der Waals surface area (Å²) < 4.78 is 24.7. The summed E-state index contributed by atoms with van der Waals surface area (Å²) in [6.07, 6.45) is 2.94. The number of aliphatic hydroxyl groups excluding tert-OH is 1. The maximum Gasteiger partial charge on any atom is 0.267 e. The van der Waals surface area contributed by atoms with Crippen molar-refractivity contribution < 1.29 is 19.0 Å². The average Bonchev–Trinajstić information content (AvgIpc) is 3.38. The highest BCUT2D eigenvalue weighted by Crippen LogP contribution is 2.50. The van der Waals surface area contributed by atoms with Gasteiger partial charge in [0.05, 0.1) is 24.9 Å². The van der Waals surface area contributed by atoms with Gasteiger partial charge in [-0.2, -0.15) is 0 Å². The molecule has 10 heteroatoms. The van der Waals surface area contributed by atoms with Crippen molar-refractivity contribution in [2.24, 2.45) is 11.8 Å². The molecule has 5 rings (SSSR count). The Morgan fingerprint density at radius 2 is 2.30 bits per heavy atom. The van der Waals surface area contributed by atoms with Crippen molar-refractivity contribution in [3.8, 4) is 0 Å². The summed E-state index contributed by atoms with van der Waals surface area (Å²) in [6, 6.07) is 2.96. The van der Waals surface area contributed by atoms with Crippen molar-refractivity contribution in [1.29, 1.82) is 0 Å². The van der Waals surface area contributed by atoms with Crippen molar-refractivity contribution in [3.63, 3.8) is 0 Å². The van der Waals surface area contributed by atoms with Crippen molar-refractivity contribution in [2.75, 3.05) is 37.7 Å². The van der Waals surface area contributed by atoms with Crippen LogP contribution in [0, 0.1) is 17.7 Å². The lowest BCUT2D eigenvalue weighted by atomic mass is 9.83. The van der Waals surface area contributed by atoms with Gasteiger partial charge < -0.3 is 19.6 Å². The molecule has 1 spiro atoms. The minimum atomic E-state index is -0.640. The van der Waals surface area contributed by atoms with Crippen LogP contribution in [0.4, 0.5) is 10.2 Å². The second kappa shape index (κ2) is 7.51. The second-order valence-corrected chi connectivity index (χ2v) is 9.10. The number of halogens is 1. The summed E-state index contributed by atoms with van der Waals surface area (Å²) in [5.41, 5.74) is 0.0987. The number of aryl methyl sites for hydroxylation is 1. The maximum absolute atomic E-state index is 14.4. The smallest absolute Gasteiger partial charge is 0.267 e. The van der Waals surface area contributed by atoms with E-state index < -0.39 is 5.60 Å². The third-order valence-electron chi connectivity index (χ3n) is 6.56. The minimum absolute atomic E-state index is 0.00130. The Morgan fingerprint density at radius 3 is 3.07 bits per heavy atom. The van der Waals surface area contributed by atoms with Gasteiger partial charge in [0.15, 0.2) is 11.6 Å². The van der Waals surface area contributed by atoms with E-state index >= 15 is 0 Å². The number of hydrogen-bond donors (Lipinski definition) is 1. The molecular weight excluding hydrogens is 409 g/mol. The molecule has 3 saturated heterocycles. The molecule has 2 bridgehead atoms. The molecule has 3 fully saturated rings. The van der Waals surface area contributed by atoms with E-state index in [0.717, 1.165) is 23.6 Å². The van der Waals surface area contributed by atoms with E-state index in [0.29, 0.717) is 43.3 Å². The number of aliphatic hydroxyl groups is 1. The standard InChI is InChI=1S/C20H24FN5O3S/c1-2-4-15-17(30-24-23-15)19(28)26-8-16-12(9-27)13-7-25(10-20(13,11-26)29-16)18-14(21)5-3-6-22-18/h3,5-6,12-13,16,27H,2,4,7-11H2,1H3/t12-,13+,16+,20-/m0/s1. The van der Waals surface area contributed by atoms with E-state index in [9.17, 15) is 14.3 Å². The van der Waals surface area contributed by atoms with Crippen LogP contribution in [0.1, 0.15) is 28.7 Å². The number of aromatic nitrogens is 3. The molecule has 2 aromatic rings. The summed E-state index contributed by atoms with van der Waals surface area (Å²) in [4.78, 5) is 21.8. The Hall–Kier alpha value is -2.17. The molecule has 3 aliphatic rings. The zero-order valence-electron chi connectivity index (χ0n) is 16.7. The average molecular weight is 434 g/mol. The van der Waals surface area contributed by atoms with Crippen molar-refractivity contribution in [1.82, 2.24) is 19.5 Å². The van der Waals surface area contributed by atoms with E-state index in [1.807, 2.05) is 16.7 Å². The largest absolute Gasteiger partial charge is 0.396 e. The number of pyridine rings is 1. The SMILES string of the molecule is CCCc1nnsc1C(=O)N1C[C@H]2O[C@]3(C1)CN(c1ncccc1F)C[C@@H]3[C@@H]2CO. The Kier molecular flexibility index (Phi) is 4.95. The van der Waals surface area contributed by atoms with Gasteiger partial charge in [-0.3, -0.25) is 4.79 Å². The van der Waals surface area contributed by atoms with Crippen molar-refractivity contribution in [2.45, 2.75) is 31.5 Å². The number of hydrogen-bond acceptors (Lipinski definition) is 8. The summed E-state index contributed by atoms with van der Waals surface area (Å²) in [5, 5.41) is 14.2. The number of rotatable bonds is 5. The number of nitrogens with zero attached hydrogens (tertiary/aromatic N) is 5. The van der Waals surface area contributed by atoms with Crippen LogP contribution in [0.15, 0.2) is 18.3 Å². The highest BCUT2D eigenvalue weighted by atomic mass is 32.1. The molecule has 5 heterocycles. The predicted octanol–water partition coefficient (Wildman–Crippen LogP) is 1.36. The molecule has 1 N–H and O–H groups in total. The molecule has 2 aromatic heterocycles. The number of morpholine rings is 1. The van der Waals surface area contributed by atoms with Crippen LogP contribution in [-0.4, -0.2) is 75.0 Å². The second-order valence-electron chi connectivity index (χ2n) is 8.35.